The van der Waals surface area contributed by atoms with Crippen LogP contribution >= 0.6 is 0 Å². The molecule has 3 N–H and O–H groups in total. The average Bonchev–Trinajstić information content (AvgIpc) is 2.45. The molecule has 0 fully saturated rings. The second-order valence-electron chi connectivity index (χ2n) is 4.11. The van der Waals surface area contributed by atoms with E-state index in [1.807, 2.05) is 0 Å². The van der Waals surface area contributed by atoms with Gasteiger partial charge in [-0.15, -0.1) is 0 Å². The number of aromatic nitrogens is 1. The normalized spacial score (nSPS) is 12.5. The zero-order valence-electron chi connectivity index (χ0n) is 10.4. The van der Waals surface area contributed by atoms with Gasteiger partial charge in [0.25, 0.3) is 0 Å². The van der Waals surface area contributed by atoms with Crippen molar-refractivity contribution in [2.75, 3.05) is 0 Å². The molecule has 0 aliphatic rings. The fourth-order valence-electron chi connectivity index (χ4n) is 1.71. The highest BCUT2D eigenvalue weighted by Crippen LogP contribution is 2.33. The van der Waals surface area contributed by atoms with E-state index in [0.29, 0.717) is 12.1 Å². The van der Waals surface area contributed by atoms with Crippen molar-refractivity contribution in [3.8, 4) is 11.1 Å². The Bertz CT molecular complexity index is 698. The first-order valence-electron chi connectivity index (χ1n) is 5.64. The first-order chi connectivity index (χ1) is 9.82. The lowest BCUT2D eigenvalue weighted by molar-refractivity contribution is -0.137. The summed E-state index contributed by atoms with van der Waals surface area (Å²) >= 11 is 0. The number of rotatable bonds is 2. The van der Waals surface area contributed by atoms with Crippen molar-refractivity contribution in [1.82, 2.24) is 4.98 Å². The van der Waals surface area contributed by atoms with Crippen molar-refractivity contribution >= 4 is 5.84 Å². The van der Waals surface area contributed by atoms with Crippen LogP contribution < -0.4 is 5.73 Å². The molecule has 2 rings (SSSR count). The van der Waals surface area contributed by atoms with E-state index in [1.54, 1.807) is 0 Å². The summed E-state index contributed by atoms with van der Waals surface area (Å²) in [5, 5.41) is 11.3. The molecule has 0 saturated carbocycles. The Kier molecular flexibility index (Phi) is 3.79. The maximum atomic E-state index is 13.8. The van der Waals surface area contributed by atoms with Crippen molar-refractivity contribution in [2.24, 2.45) is 10.9 Å². The number of amidine groups is 1. The van der Waals surface area contributed by atoms with Crippen LogP contribution in [0, 0.1) is 5.82 Å². The van der Waals surface area contributed by atoms with Crippen LogP contribution in [0.1, 0.15) is 11.3 Å². The van der Waals surface area contributed by atoms with Crippen molar-refractivity contribution in [3.63, 3.8) is 0 Å². The molecule has 1 aromatic carbocycles. The lowest BCUT2D eigenvalue weighted by Crippen LogP contribution is -2.14. The molecule has 8 heteroatoms. The summed E-state index contributed by atoms with van der Waals surface area (Å²) < 4.78 is 51.8. The van der Waals surface area contributed by atoms with E-state index >= 15 is 0 Å². The monoisotopic (exact) mass is 299 g/mol. The van der Waals surface area contributed by atoms with Gasteiger partial charge in [0, 0.05) is 11.8 Å². The van der Waals surface area contributed by atoms with E-state index in [1.165, 1.54) is 18.3 Å². The van der Waals surface area contributed by atoms with E-state index < -0.39 is 17.6 Å². The molecule has 0 aliphatic heterocycles. The molecule has 0 unspecified atom stereocenters. The summed E-state index contributed by atoms with van der Waals surface area (Å²) in [6.45, 7) is 0. The van der Waals surface area contributed by atoms with E-state index in [-0.39, 0.29) is 22.7 Å². The van der Waals surface area contributed by atoms with Crippen LogP contribution in [-0.2, 0) is 6.18 Å². The number of hydrogen-bond donors (Lipinski definition) is 2. The van der Waals surface area contributed by atoms with Gasteiger partial charge < -0.3 is 10.9 Å². The Morgan fingerprint density at radius 2 is 1.90 bits per heavy atom. The zero-order chi connectivity index (χ0) is 15.6. The van der Waals surface area contributed by atoms with Gasteiger partial charge in [0.15, 0.2) is 5.84 Å². The highest BCUT2D eigenvalue weighted by atomic mass is 19.4. The quantitative estimate of drug-likeness (QED) is 0.294. The topological polar surface area (TPSA) is 71.5 Å². The third-order valence-corrected chi connectivity index (χ3v) is 2.73. The Morgan fingerprint density at radius 3 is 2.52 bits per heavy atom. The molecule has 0 amide bonds. The summed E-state index contributed by atoms with van der Waals surface area (Å²) in [5.41, 5.74) is 4.27. The molecular weight excluding hydrogens is 290 g/mol. The van der Waals surface area contributed by atoms with Crippen LogP contribution in [0.15, 0.2) is 41.7 Å². The van der Waals surface area contributed by atoms with Crippen molar-refractivity contribution < 1.29 is 22.8 Å². The van der Waals surface area contributed by atoms with Crippen LogP contribution in [0.5, 0.6) is 0 Å². The molecule has 1 heterocycles. The van der Waals surface area contributed by atoms with Crippen LogP contribution in [-0.4, -0.2) is 16.0 Å². The molecule has 0 bridgehead atoms. The summed E-state index contributed by atoms with van der Waals surface area (Å²) in [4.78, 5) is 3.78. The molecule has 2 aromatic rings. The second-order valence-corrected chi connectivity index (χ2v) is 4.11. The molecule has 1 aromatic heterocycles. The van der Waals surface area contributed by atoms with Crippen LogP contribution in [0.3, 0.4) is 0 Å². The highest BCUT2D eigenvalue weighted by Gasteiger charge is 2.31. The molecule has 0 aliphatic carbocycles. The zero-order valence-corrected chi connectivity index (χ0v) is 10.4. The smallest absolute Gasteiger partial charge is 0.409 e. The molecule has 0 spiro atoms. The van der Waals surface area contributed by atoms with Gasteiger partial charge in [0.2, 0.25) is 0 Å². The fourth-order valence-corrected chi connectivity index (χ4v) is 1.71. The number of benzene rings is 1. The minimum atomic E-state index is -4.58. The average molecular weight is 299 g/mol. The molecule has 0 radical (unpaired) electrons. The fraction of sp³-hybridized carbons (Fsp3) is 0.0769. The third kappa shape index (κ3) is 3.10. The predicted octanol–water partition coefficient (Wildman–Crippen LogP) is 3.00. The molecule has 0 atom stereocenters. The largest absolute Gasteiger partial charge is 0.416 e. The van der Waals surface area contributed by atoms with Crippen LogP contribution in [0.25, 0.3) is 11.1 Å². The van der Waals surface area contributed by atoms with Crippen molar-refractivity contribution in [1.29, 1.82) is 0 Å². The van der Waals surface area contributed by atoms with E-state index in [2.05, 4.69) is 10.1 Å². The number of alkyl halides is 3. The molecule has 0 saturated heterocycles. The van der Waals surface area contributed by atoms with Gasteiger partial charge in [0.05, 0.1) is 5.56 Å². The molecule has 110 valence electrons. The number of pyridine rings is 1. The van der Waals surface area contributed by atoms with Gasteiger partial charge in [-0.2, -0.15) is 13.2 Å². The van der Waals surface area contributed by atoms with Gasteiger partial charge in [-0.1, -0.05) is 5.16 Å². The Morgan fingerprint density at radius 1 is 1.19 bits per heavy atom. The van der Waals surface area contributed by atoms with Gasteiger partial charge in [-0.05, 0) is 35.9 Å². The van der Waals surface area contributed by atoms with Crippen molar-refractivity contribution in [2.45, 2.75) is 6.18 Å². The van der Waals surface area contributed by atoms with Crippen molar-refractivity contribution in [3.05, 3.63) is 53.6 Å². The maximum Gasteiger partial charge on any atom is 0.416 e. The Hall–Kier alpha value is -2.64. The lowest BCUT2D eigenvalue weighted by atomic mass is 10.0. The van der Waals surface area contributed by atoms with E-state index in [9.17, 15) is 17.6 Å². The summed E-state index contributed by atoms with van der Waals surface area (Å²) in [6, 6.07) is 4.65. The molecular formula is C13H9F4N3O. The minimum Gasteiger partial charge on any atom is -0.409 e. The molecule has 21 heavy (non-hydrogen) atoms. The second kappa shape index (κ2) is 5.39. The lowest BCUT2D eigenvalue weighted by Gasteiger charge is -2.10. The number of halogens is 4. The molecule has 4 nitrogen and oxygen atoms in total. The summed E-state index contributed by atoms with van der Waals surface area (Å²) in [5.74, 6) is -1.15. The van der Waals surface area contributed by atoms with Gasteiger partial charge in [-0.3, -0.25) is 4.98 Å². The van der Waals surface area contributed by atoms with Gasteiger partial charge in [0.1, 0.15) is 11.5 Å². The number of nitrogens with zero attached hydrogens (tertiary/aromatic N) is 2. The number of oxime groups is 1. The standard InChI is InChI=1S/C13H9F4N3O/c14-10-2-1-8(13(15,16)17)6-9(10)7-3-4-19-11(5-7)12(18)20-21/h1-6,21H,(H2,18,20). The van der Waals surface area contributed by atoms with E-state index in [4.69, 9.17) is 10.9 Å². The summed E-state index contributed by atoms with van der Waals surface area (Å²) in [6.07, 6.45) is -3.35. The summed E-state index contributed by atoms with van der Waals surface area (Å²) in [7, 11) is 0. The third-order valence-electron chi connectivity index (χ3n) is 2.73. The minimum absolute atomic E-state index is 0.0202. The first kappa shape index (κ1) is 14.8. The highest BCUT2D eigenvalue weighted by molar-refractivity contribution is 5.96. The van der Waals surface area contributed by atoms with Gasteiger partial charge in [-0.25, -0.2) is 4.39 Å². The van der Waals surface area contributed by atoms with E-state index in [0.717, 1.165) is 6.07 Å². The van der Waals surface area contributed by atoms with Crippen LogP contribution in [0.2, 0.25) is 0 Å². The maximum absolute atomic E-state index is 13.8. The Balaban J connectivity index is 2.56. The van der Waals surface area contributed by atoms with Gasteiger partial charge >= 0.3 is 6.18 Å². The first-order valence-corrected chi connectivity index (χ1v) is 5.64. The SMILES string of the molecule is NC(=NO)c1cc(-c2cc(C(F)(F)F)ccc2F)ccn1. The number of hydrogen-bond acceptors (Lipinski definition) is 3. The Labute approximate surface area is 116 Å². The predicted molar refractivity (Wildman–Crippen MR) is 67.1 cm³/mol. The van der Waals surface area contributed by atoms with Crippen LogP contribution in [0.4, 0.5) is 17.6 Å². The number of nitrogens with two attached hydrogens (primary N) is 1.